The van der Waals surface area contributed by atoms with Crippen molar-refractivity contribution in [3.05, 3.63) is 58.8 Å². The van der Waals surface area contributed by atoms with Crippen molar-refractivity contribution in [2.75, 3.05) is 19.7 Å². The Morgan fingerprint density at radius 3 is 2.77 bits per heavy atom. The van der Waals surface area contributed by atoms with Crippen LogP contribution in [0.5, 0.6) is 5.75 Å². The molecule has 1 spiro atoms. The number of likely N-dealkylation sites (tertiary alicyclic amines) is 1. The molecular formula is C23H24BN3O3. The standard InChI is InChI=1S/C23H24BN3O3/c1-15-17(13-28)4-6-19-21(15)30-14-22(19)7-9-27(10-8-22)23(24,29)18-5-3-16-12-25-26(2)20(16)11-18/h3-6,11-13,29H,7-10,14H2,1-2H3. The average molecular weight is 401 g/mol. The Kier molecular flexibility index (Phi) is 4.31. The first-order valence-electron chi connectivity index (χ1n) is 10.3. The zero-order valence-electron chi connectivity index (χ0n) is 17.3. The third-order valence-electron chi connectivity index (χ3n) is 7.02. The summed E-state index contributed by atoms with van der Waals surface area (Å²) in [6.45, 7) is 3.83. The van der Waals surface area contributed by atoms with Gasteiger partial charge in [-0.2, -0.15) is 5.10 Å². The maximum absolute atomic E-state index is 11.3. The highest BCUT2D eigenvalue weighted by Crippen LogP contribution is 2.48. The fourth-order valence-electron chi connectivity index (χ4n) is 4.97. The summed E-state index contributed by atoms with van der Waals surface area (Å²) in [5.41, 5.74) is 2.68. The number of benzene rings is 2. The van der Waals surface area contributed by atoms with Gasteiger partial charge in [-0.05, 0) is 31.4 Å². The Morgan fingerprint density at radius 2 is 2.03 bits per heavy atom. The lowest BCUT2D eigenvalue weighted by molar-refractivity contribution is -0.0645. The highest BCUT2D eigenvalue weighted by atomic mass is 16.5. The van der Waals surface area contributed by atoms with Gasteiger partial charge in [0.05, 0.1) is 23.9 Å². The van der Waals surface area contributed by atoms with Crippen LogP contribution in [0.15, 0.2) is 36.5 Å². The number of aliphatic hydroxyl groups is 1. The molecule has 0 aliphatic carbocycles. The van der Waals surface area contributed by atoms with Crippen LogP contribution in [-0.2, 0) is 18.1 Å². The molecule has 1 saturated heterocycles. The van der Waals surface area contributed by atoms with Gasteiger partial charge in [0.25, 0.3) is 0 Å². The predicted octanol–water partition coefficient (Wildman–Crippen LogP) is 2.39. The van der Waals surface area contributed by atoms with E-state index >= 15 is 0 Å². The van der Waals surface area contributed by atoms with Crippen LogP contribution in [0.3, 0.4) is 0 Å². The van der Waals surface area contributed by atoms with Gasteiger partial charge in [0, 0.05) is 47.6 Å². The van der Waals surface area contributed by atoms with Crippen molar-refractivity contribution in [3.63, 3.8) is 0 Å². The highest BCUT2D eigenvalue weighted by molar-refractivity contribution is 6.14. The number of hydrogen-bond acceptors (Lipinski definition) is 5. The SMILES string of the molecule is [B]C(O)(c1ccc2cnn(C)c2c1)N1CCC2(CC1)COc1c2ccc(C=O)c1C. The third-order valence-corrected chi connectivity index (χ3v) is 7.02. The molecule has 2 aliphatic rings. The Bertz CT molecular complexity index is 1150. The third kappa shape index (κ3) is 2.72. The molecule has 152 valence electrons. The molecule has 1 aromatic heterocycles. The molecule has 7 heteroatoms. The molecule has 2 radical (unpaired) electrons. The maximum atomic E-state index is 11.3. The van der Waals surface area contributed by atoms with Crippen LogP contribution < -0.4 is 4.74 Å². The van der Waals surface area contributed by atoms with Crippen LogP contribution >= 0.6 is 0 Å². The maximum Gasteiger partial charge on any atom is 0.150 e. The van der Waals surface area contributed by atoms with E-state index in [1.165, 1.54) is 5.56 Å². The van der Waals surface area contributed by atoms with E-state index in [0.29, 0.717) is 30.8 Å². The van der Waals surface area contributed by atoms with Gasteiger partial charge >= 0.3 is 0 Å². The van der Waals surface area contributed by atoms with Gasteiger partial charge in [0.1, 0.15) is 19.9 Å². The topological polar surface area (TPSA) is 67.6 Å². The van der Waals surface area contributed by atoms with E-state index in [1.807, 2.05) is 49.2 Å². The van der Waals surface area contributed by atoms with Crippen molar-refractivity contribution < 1.29 is 14.6 Å². The lowest BCUT2D eigenvalue weighted by Crippen LogP contribution is -2.53. The van der Waals surface area contributed by atoms with Crippen LogP contribution in [0.2, 0.25) is 0 Å². The second kappa shape index (κ2) is 6.69. The number of aldehydes is 1. The molecule has 5 rings (SSSR count). The minimum absolute atomic E-state index is 0.0971. The number of carbonyl (C=O) groups is 1. The first kappa shape index (κ1) is 19.3. The number of carbonyl (C=O) groups excluding carboxylic acids is 1. The molecule has 2 aliphatic heterocycles. The first-order valence-corrected chi connectivity index (χ1v) is 10.3. The molecule has 6 nitrogen and oxygen atoms in total. The number of nitrogens with zero attached hydrogens (tertiary/aromatic N) is 3. The Hall–Kier alpha value is -2.64. The molecule has 3 aromatic rings. The second-order valence-corrected chi connectivity index (χ2v) is 8.60. The largest absolute Gasteiger partial charge is 0.492 e. The van der Waals surface area contributed by atoms with Crippen LogP contribution in [0.1, 0.15) is 39.9 Å². The normalized spacial score (nSPS) is 20.1. The smallest absolute Gasteiger partial charge is 0.150 e. The van der Waals surface area contributed by atoms with E-state index in [1.54, 1.807) is 10.9 Å². The van der Waals surface area contributed by atoms with Gasteiger partial charge in [0.15, 0.2) is 0 Å². The van der Waals surface area contributed by atoms with E-state index in [0.717, 1.165) is 41.3 Å². The van der Waals surface area contributed by atoms with E-state index in [4.69, 9.17) is 12.6 Å². The second-order valence-electron chi connectivity index (χ2n) is 8.60. The minimum atomic E-state index is -1.56. The number of rotatable bonds is 3. The molecule has 1 atom stereocenters. The van der Waals surface area contributed by atoms with Crippen LogP contribution in [0.4, 0.5) is 0 Å². The van der Waals surface area contributed by atoms with Crippen LogP contribution in [-0.4, -0.2) is 53.6 Å². The molecule has 30 heavy (non-hydrogen) atoms. The summed E-state index contributed by atoms with van der Waals surface area (Å²) in [6.07, 6.45) is 4.33. The van der Waals surface area contributed by atoms with Gasteiger partial charge in [0.2, 0.25) is 0 Å². The minimum Gasteiger partial charge on any atom is -0.492 e. The molecular weight excluding hydrogens is 377 g/mol. The summed E-state index contributed by atoms with van der Waals surface area (Å²) >= 11 is 0. The zero-order valence-corrected chi connectivity index (χ0v) is 17.3. The van der Waals surface area contributed by atoms with E-state index in [9.17, 15) is 9.90 Å². The monoisotopic (exact) mass is 401 g/mol. The van der Waals surface area contributed by atoms with Crippen molar-refractivity contribution in [2.24, 2.45) is 7.05 Å². The zero-order chi connectivity index (χ0) is 21.1. The Balaban J connectivity index is 1.40. The quantitative estimate of drug-likeness (QED) is 0.539. The highest BCUT2D eigenvalue weighted by Gasteiger charge is 2.46. The average Bonchev–Trinajstić information content (AvgIpc) is 3.30. The molecule has 0 bridgehead atoms. The summed E-state index contributed by atoms with van der Waals surface area (Å²) in [4.78, 5) is 13.2. The summed E-state index contributed by atoms with van der Waals surface area (Å²) in [5, 5.41) is 16.5. The lowest BCUT2D eigenvalue weighted by Gasteiger charge is -2.45. The van der Waals surface area contributed by atoms with Crippen molar-refractivity contribution in [1.82, 2.24) is 14.7 Å². The molecule has 0 amide bonds. The van der Waals surface area contributed by atoms with Crippen LogP contribution in [0, 0.1) is 6.92 Å². The van der Waals surface area contributed by atoms with Crippen LogP contribution in [0.25, 0.3) is 10.9 Å². The van der Waals surface area contributed by atoms with Crippen molar-refractivity contribution >= 4 is 25.0 Å². The summed E-state index contributed by atoms with van der Waals surface area (Å²) in [5.74, 6) is 0.845. The van der Waals surface area contributed by atoms with Crippen molar-refractivity contribution in [2.45, 2.75) is 30.8 Å². The van der Waals surface area contributed by atoms with E-state index < -0.39 is 5.62 Å². The molecule has 1 N–H and O–H groups in total. The number of aryl methyl sites for hydroxylation is 1. The van der Waals surface area contributed by atoms with Crippen molar-refractivity contribution in [3.8, 4) is 5.75 Å². The van der Waals surface area contributed by atoms with Crippen molar-refractivity contribution in [1.29, 1.82) is 0 Å². The Labute approximate surface area is 176 Å². The molecule has 1 unspecified atom stereocenters. The lowest BCUT2D eigenvalue weighted by atomic mass is 9.71. The first-order chi connectivity index (χ1) is 14.4. The number of hydrogen-bond donors (Lipinski definition) is 1. The van der Waals surface area contributed by atoms with Gasteiger partial charge in [-0.15, -0.1) is 0 Å². The number of fused-ring (bicyclic) bond motifs is 3. The van der Waals surface area contributed by atoms with Gasteiger partial charge in [-0.25, -0.2) is 0 Å². The summed E-state index contributed by atoms with van der Waals surface area (Å²) in [7, 11) is 8.32. The van der Waals surface area contributed by atoms with Gasteiger partial charge < -0.3 is 9.84 Å². The Morgan fingerprint density at radius 1 is 1.27 bits per heavy atom. The molecule has 1 fully saturated rings. The molecule has 3 heterocycles. The fraction of sp³-hybridized carbons (Fsp3) is 0.391. The molecule has 0 saturated carbocycles. The molecule has 2 aromatic carbocycles. The van der Waals surface area contributed by atoms with E-state index in [-0.39, 0.29) is 5.41 Å². The summed E-state index contributed by atoms with van der Waals surface area (Å²) < 4.78 is 7.82. The fourth-order valence-corrected chi connectivity index (χ4v) is 4.97. The number of ether oxygens (including phenoxy) is 1. The van der Waals surface area contributed by atoms with Gasteiger partial charge in [-0.1, -0.05) is 24.3 Å². The number of aromatic nitrogens is 2. The number of piperidine rings is 1. The predicted molar refractivity (Wildman–Crippen MR) is 115 cm³/mol. The van der Waals surface area contributed by atoms with Gasteiger partial charge in [-0.3, -0.25) is 14.4 Å². The van der Waals surface area contributed by atoms with E-state index in [2.05, 4.69) is 5.10 Å². The summed E-state index contributed by atoms with van der Waals surface area (Å²) in [6, 6.07) is 9.62.